The molecular formula is C21H16FN3O2S. The molecular weight excluding hydrogens is 377 g/mol. The Bertz CT molecular complexity index is 1170. The van der Waals surface area contributed by atoms with E-state index in [2.05, 4.69) is 15.3 Å². The van der Waals surface area contributed by atoms with Crippen LogP contribution in [0.15, 0.2) is 53.9 Å². The van der Waals surface area contributed by atoms with E-state index in [1.165, 1.54) is 23.5 Å². The molecule has 0 atom stereocenters. The van der Waals surface area contributed by atoms with Crippen LogP contribution in [-0.4, -0.2) is 23.0 Å². The second-order valence-electron chi connectivity index (χ2n) is 6.18. The summed E-state index contributed by atoms with van der Waals surface area (Å²) in [4.78, 5) is 21.5. The lowest BCUT2D eigenvalue weighted by molar-refractivity contribution is 0.102. The molecule has 0 fully saturated rings. The van der Waals surface area contributed by atoms with Gasteiger partial charge in [0.1, 0.15) is 11.6 Å². The summed E-state index contributed by atoms with van der Waals surface area (Å²) in [5, 5.41) is 5.90. The Morgan fingerprint density at radius 3 is 2.64 bits per heavy atom. The number of carbonyl (C=O) groups is 1. The van der Waals surface area contributed by atoms with Crippen molar-refractivity contribution in [3.63, 3.8) is 0 Å². The third-order valence-electron chi connectivity index (χ3n) is 4.33. The number of pyridine rings is 1. The minimum Gasteiger partial charge on any atom is -0.497 e. The number of carbonyl (C=O) groups excluding carboxylic acids is 1. The van der Waals surface area contributed by atoms with Crippen LogP contribution in [0.3, 0.4) is 0 Å². The van der Waals surface area contributed by atoms with Crippen LogP contribution in [0.4, 0.5) is 9.52 Å². The van der Waals surface area contributed by atoms with Gasteiger partial charge in [-0.15, -0.1) is 11.3 Å². The van der Waals surface area contributed by atoms with Gasteiger partial charge in [0.2, 0.25) is 0 Å². The van der Waals surface area contributed by atoms with Crippen LogP contribution in [-0.2, 0) is 0 Å². The highest BCUT2D eigenvalue weighted by Crippen LogP contribution is 2.27. The maximum atomic E-state index is 13.4. The summed E-state index contributed by atoms with van der Waals surface area (Å²) >= 11 is 1.34. The molecule has 2 aromatic heterocycles. The van der Waals surface area contributed by atoms with Crippen molar-refractivity contribution in [2.75, 3.05) is 12.4 Å². The van der Waals surface area contributed by atoms with Crippen LogP contribution in [0.5, 0.6) is 5.75 Å². The summed E-state index contributed by atoms with van der Waals surface area (Å²) in [6, 6.07) is 13.6. The van der Waals surface area contributed by atoms with Crippen molar-refractivity contribution >= 4 is 33.3 Å². The van der Waals surface area contributed by atoms with Crippen LogP contribution in [0, 0.1) is 12.7 Å². The lowest BCUT2D eigenvalue weighted by Crippen LogP contribution is -2.14. The van der Waals surface area contributed by atoms with Gasteiger partial charge >= 0.3 is 0 Å². The van der Waals surface area contributed by atoms with Crippen LogP contribution in [0.2, 0.25) is 0 Å². The lowest BCUT2D eigenvalue weighted by Gasteiger charge is -2.07. The molecule has 1 N–H and O–H groups in total. The molecule has 0 aliphatic carbocycles. The molecule has 0 saturated carbocycles. The first-order valence-electron chi connectivity index (χ1n) is 8.52. The van der Waals surface area contributed by atoms with Crippen molar-refractivity contribution in [3.8, 4) is 17.0 Å². The fraction of sp³-hybridized carbons (Fsp3) is 0.0952. The number of ether oxygens (including phenoxy) is 1. The van der Waals surface area contributed by atoms with E-state index in [4.69, 9.17) is 4.74 Å². The third-order valence-corrected chi connectivity index (χ3v) is 5.08. The highest BCUT2D eigenvalue weighted by molar-refractivity contribution is 7.14. The van der Waals surface area contributed by atoms with Crippen molar-refractivity contribution in [3.05, 3.63) is 71.0 Å². The van der Waals surface area contributed by atoms with E-state index in [0.717, 1.165) is 17.0 Å². The number of amides is 1. The summed E-state index contributed by atoms with van der Waals surface area (Å²) in [6.07, 6.45) is 0. The molecule has 0 radical (unpaired) electrons. The SMILES string of the molecule is COc1ccc(-c2csc(NC(=O)c3cc4ccc(F)cc4nc3C)n2)cc1. The standard InChI is InChI=1S/C21H16FN3O2S/c1-12-17(9-14-3-6-15(22)10-18(14)23-12)20(26)25-21-24-19(11-28-21)13-4-7-16(27-2)8-5-13/h3-11H,1-2H3,(H,24,25,26). The molecule has 5 nitrogen and oxygen atoms in total. The number of hydrogen-bond donors (Lipinski definition) is 1. The second-order valence-corrected chi connectivity index (χ2v) is 7.04. The highest BCUT2D eigenvalue weighted by atomic mass is 32.1. The van der Waals surface area contributed by atoms with Gasteiger partial charge in [-0.1, -0.05) is 0 Å². The first-order valence-corrected chi connectivity index (χ1v) is 9.39. The minimum atomic E-state index is -0.356. The number of halogens is 1. The van der Waals surface area contributed by atoms with Gasteiger partial charge < -0.3 is 4.74 Å². The quantitative estimate of drug-likeness (QED) is 0.526. The number of rotatable bonds is 4. The molecule has 140 valence electrons. The number of aryl methyl sites for hydroxylation is 1. The number of hydrogen-bond acceptors (Lipinski definition) is 5. The van der Waals surface area contributed by atoms with E-state index in [0.29, 0.717) is 27.3 Å². The zero-order chi connectivity index (χ0) is 19.7. The number of methoxy groups -OCH3 is 1. The number of nitrogens with one attached hydrogen (secondary N) is 1. The molecule has 0 spiro atoms. The van der Waals surface area contributed by atoms with Crippen LogP contribution >= 0.6 is 11.3 Å². The van der Waals surface area contributed by atoms with Crippen molar-refractivity contribution in [2.24, 2.45) is 0 Å². The molecule has 0 aliphatic heterocycles. The Morgan fingerprint density at radius 2 is 1.89 bits per heavy atom. The molecule has 0 saturated heterocycles. The van der Waals surface area contributed by atoms with Gasteiger partial charge in [-0.3, -0.25) is 15.1 Å². The van der Waals surface area contributed by atoms with Gasteiger partial charge in [0.25, 0.3) is 5.91 Å². The molecule has 28 heavy (non-hydrogen) atoms. The van der Waals surface area contributed by atoms with Gasteiger partial charge in [-0.25, -0.2) is 9.37 Å². The lowest BCUT2D eigenvalue weighted by atomic mass is 10.1. The van der Waals surface area contributed by atoms with Gasteiger partial charge in [0.15, 0.2) is 5.13 Å². The van der Waals surface area contributed by atoms with Gasteiger partial charge in [-0.05, 0) is 49.4 Å². The van der Waals surface area contributed by atoms with Crippen LogP contribution < -0.4 is 10.1 Å². The second kappa shape index (κ2) is 7.36. The maximum Gasteiger partial charge on any atom is 0.259 e. The summed E-state index contributed by atoms with van der Waals surface area (Å²) in [6.45, 7) is 1.73. The smallest absolute Gasteiger partial charge is 0.259 e. The maximum absolute atomic E-state index is 13.4. The van der Waals surface area contributed by atoms with Gasteiger partial charge in [0, 0.05) is 22.4 Å². The molecule has 7 heteroatoms. The number of benzene rings is 2. The number of thiazole rings is 1. The number of fused-ring (bicyclic) bond motifs is 1. The zero-order valence-electron chi connectivity index (χ0n) is 15.2. The minimum absolute atomic E-state index is 0.299. The predicted molar refractivity (Wildman–Crippen MR) is 108 cm³/mol. The van der Waals surface area contributed by atoms with Crippen molar-refractivity contribution in [1.29, 1.82) is 0 Å². The Kier molecular flexibility index (Phi) is 4.75. The number of nitrogens with zero attached hydrogens (tertiary/aromatic N) is 2. The highest BCUT2D eigenvalue weighted by Gasteiger charge is 2.14. The summed E-state index contributed by atoms with van der Waals surface area (Å²) < 4.78 is 18.5. The Morgan fingerprint density at radius 1 is 1.11 bits per heavy atom. The third kappa shape index (κ3) is 3.57. The average molecular weight is 393 g/mol. The topological polar surface area (TPSA) is 64.1 Å². The first kappa shape index (κ1) is 18.1. The summed E-state index contributed by atoms with van der Waals surface area (Å²) in [5.41, 5.74) is 3.18. The van der Waals surface area contributed by atoms with E-state index in [1.54, 1.807) is 26.2 Å². The predicted octanol–water partition coefficient (Wildman–Crippen LogP) is 5.07. The fourth-order valence-electron chi connectivity index (χ4n) is 2.86. The number of anilines is 1. The van der Waals surface area contributed by atoms with E-state index < -0.39 is 0 Å². The Hall–Kier alpha value is -3.32. The zero-order valence-corrected chi connectivity index (χ0v) is 16.0. The van der Waals surface area contributed by atoms with E-state index in [-0.39, 0.29) is 11.7 Å². The van der Waals surface area contributed by atoms with Gasteiger partial charge in [0.05, 0.1) is 29.6 Å². The molecule has 2 heterocycles. The summed E-state index contributed by atoms with van der Waals surface area (Å²) in [7, 11) is 1.62. The Balaban J connectivity index is 1.57. The molecule has 0 unspecified atom stereocenters. The average Bonchev–Trinajstić information content (AvgIpc) is 3.15. The van der Waals surface area contributed by atoms with Crippen LogP contribution in [0.25, 0.3) is 22.2 Å². The van der Waals surface area contributed by atoms with Crippen molar-refractivity contribution in [2.45, 2.75) is 6.92 Å². The van der Waals surface area contributed by atoms with Crippen molar-refractivity contribution < 1.29 is 13.9 Å². The van der Waals surface area contributed by atoms with Crippen LogP contribution in [0.1, 0.15) is 16.1 Å². The molecule has 0 aliphatic rings. The van der Waals surface area contributed by atoms with E-state index in [1.807, 2.05) is 29.6 Å². The number of aromatic nitrogens is 2. The fourth-order valence-corrected chi connectivity index (χ4v) is 3.57. The van der Waals surface area contributed by atoms with E-state index in [9.17, 15) is 9.18 Å². The first-order chi connectivity index (χ1) is 13.5. The molecule has 0 bridgehead atoms. The van der Waals surface area contributed by atoms with Gasteiger partial charge in [-0.2, -0.15) is 0 Å². The monoisotopic (exact) mass is 393 g/mol. The molecule has 1 amide bonds. The van der Waals surface area contributed by atoms with Crippen molar-refractivity contribution in [1.82, 2.24) is 9.97 Å². The van der Waals surface area contributed by atoms with E-state index >= 15 is 0 Å². The molecule has 4 rings (SSSR count). The Labute approximate surface area is 164 Å². The summed E-state index contributed by atoms with van der Waals surface area (Å²) in [5.74, 6) is 0.115. The molecule has 4 aromatic rings. The normalized spacial score (nSPS) is 10.8. The molecule has 2 aromatic carbocycles. The largest absolute Gasteiger partial charge is 0.497 e.